The van der Waals surface area contributed by atoms with Crippen LogP contribution in [0.4, 0.5) is 0 Å². The normalized spacial score (nSPS) is 25.9. The van der Waals surface area contributed by atoms with E-state index in [1.54, 1.807) is 4.57 Å². The highest BCUT2D eigenvalue weighted by Gasteiger charge is 2.36. The van der Waals surface area contributed by atoms with E-state index < -0.39 is 0 Å². The third-order valence-electron chi connectivity index (χ3n) is 3.64. The molecule has 0 unspecified atom stereocenters. The standard InChI is InChI=1S/C12H11N3O3/c16-9-5-18-8-4-15-11-6(10(8)14-9)2-1-3-7(11)13-12(15)17/h1-3,8,10H,4-5H2,(H,13,17)(H,14,16)/t8-,10-/m1/s1. The molecule has 2 N–H and O–H groups in total. The summed E-state index contributed by atoms with van der Waals surface area (Å²) >= 11 is 0. The number of hydrogen-bond donors (Lipinski definition) is 2. The molecule has 1 aromatic heterocycles. The number of carbonyl (C=O) groups is 1. The Morgan fingerprint density at radius 1 is 1.33 bits per heavy atom. The second kappa shape index (κ2) is 3.23. The third-order valence-corrected chi connectivity index (χ3v) is 3.64. The summed E-state index contributed by atoms with van der Waals surface area (Å²) in [6.07, 6.45) is -0.172. The fourth-order valence-electron chi connectivity index (χ4n) is 2.88. The lowest BCUT2D eigenvalue weighted by Gasteiger charge is -2.36. The van der Waals surface area contributed by atoms with Crippen LogP contribution < -0.4 is 11.0 Å². The minimum absolute atomic E-state index is 0.0612. The molecule has 2 atom stereocenters. The highest BCUT2D eigenvalue weighted by Crippen LogP contribution is 2.32. The Kier molecular flexibility index (Phi) is 1.78. The average Bonchev–Trinajstić information content (AvgIpc) is 2.69. The maximum absolute atomic E-state index is 11.9. The topological polar surface area (TPSA) is 76.1 Å². The number of benzene rings is 1. The molecule has 18 heavy (non-hydrogen) atoms. The number of hydrogen-bond acceptors (Lipinski definition) is 3. The monoisotopic (exact) mass is 245 g/mol. The van der Waals surface area contributed by atoms with Gasteiger partial charge >= 0.3 is 5.69 Å². The fraction of sp³-hybridized carbons (Fsp3) is 0.333. The van der Waals surface area contributed by atoms with E-state index in [4.69, 9.17) is 4.74 Å². The number of rotatable bonds is 0. The Hall–Kier alpha value is -2.08. The number of aromatic nitrogens is 2. The molecule has 2 aliphatic heterocycles. The third kappa shape index (κ3) is 1.15. The van der Waals surface area contributed by atoms with Gasteiger partial charge in [0.15, 0.2) is 0 Å². The first-order valence-corrected chi connectivity index (χ1v) is 5.86. The first-order chi connectivity index (χ1) is 8.74. The van der Waals surface area contributed by atoms with E-state index in [0.717, 1.165) is 16.6 Å². The van der Waals surface area contributed by atoms with Gasteiger partial charge in [-0.2, -0.15) is 0 Å². The maximum Gasteiger partial charge on any atom is 0.326 e. The van der Waals surface area contributed by atoms with Gasteiger partial charge in [-0.15, -0.1) is 0 Å². The minimum Gasteiger partial charge on any atom is -0.364 e. The molecule has 2 aromatic rings. The molecule has 2 aliphatic rings. The van der Waals surface area contributed by atoms with E-state index in [1.165, 1.54) is 0 Å². The van der Waals surface area contributed by atoms with Gasteiger partial charge in [0.05, 0.1) is 23.6 Å². The number of ether oxygens (including phenoxy) is 1. The van der Waals surface area contributed by atoms with Crippen molar-refractivity contribution in [2.45, 2.75) is 18.7 Å². The lowest BCUT2D eigenvalue weighted by atomic mass is 9.95. The van der Waals surface area contributed by atoms with Crippen LogP contribution in [0.5, 0.6) is 0 Å². The lowest BCUT2D eigenvalue weighted by Crippen LogP contribution is -2.50. The number of morpholine rings is 1. The molecule has 1 amide bonds. The van der Waals surface area contributed by atoms with E-state index in [0.29, 0.717) is 6.54 Å². The van der Waals surface area contributed by atoms with E-state index >= 15 is 0 Å². The van der Waals surface area contributed by atoms with Crippen LogP contribution in [0.2, 0.25) is 0 Å². The van der Waals surface area contributed by atoms with Crippen molar-refractivity contribution in [2.75, 3.05) is 6.61 Å². The number of aromatic amines is 1. The van der Waals surface area contributed by atoms with Crippen molar-refractivity contribution in [2.24, 2.45) is 0 Å². The summed E-state index contributed by atoms with van der Waals surface area (Å²) in [4.78, 5) is 26.1. The largest absolute Gasteiger partial charge is 0.364 e. The van der Waals surface area contributed by atoms with Crippen molar-refractivity contribution in [3.63, 3.8) is 0 Å². The molecule has 92 valence electrons. The molecule has 1 aromatic carbocycles. The van der Waals surface area contributed by atoms with Gasteiger partial charge in [0.1, 0.15) is 12.7 Å². The summed E-state index contributed by atoms with van der Waals surface area (Å²) in [5.41, 5.74) is 2.48. The Balaban J connectivity index is 2.01. The minimum atomic E-state index is -0.172. The van der Waals surface area contributed by atoms with Gasteiger partial charge in [0.25, 0.3) is 0 Å². The predicted octanol–water partition coefficient (Wildman–Crippen LogP) is -0.101. The van der Waals surface area contributed by atoms with Crippen LogP contribution in [-0.4, -0.2) is 28.2 Å². The highest BCUT2D eigenvalue weighted by molar-refractivity contribution is 5.83. The van der Waals surface area contributed by atoms with Crippen molar-refractivity contribution in [3.8, 4) is 0 Å². The van der Waals surface area contributed by atoms with E-state index in [-0.39, 0.29) is 30.3 Å². The summed E-state index contributed by atoms with van der Waals surface area (Å²) < 4.78 is 7.20. The lowest BCUT2D eigenvalue weighted by molar-refractivity contribution is -0.138. The van der Waals surface area contributed by atoms with Crippen molar-refractivity contribution in [3.05, 3.63) is 34.2 Å². The van der Waals surface area contributed by atoms with E-state index in [9.17, 15) is 9.59 Å². The van der Waals surface area contributed by atoms with Crippen LogP contribution >= 0.6 is 0 Å². The van der Waals surface area contributed by atoms with Crippen molar-refractivity contribution < 1.29 is 9.53 Å². The summed E-state index contributed by atoms with van der Waals surface area (Å²) in [6, 6.07) is 5.51. The van der Waals surface area contributed by atoms with Crippen LogP contribution in [-0.2, 0) is 16.1 Å². The number of nitrogens with zero attached hydrogens (tertiary/aromatic N) is 1. The SMILES string of the molecule is O=C1CO[C@@H]2Cn3c(=O)[nH]c4cccc(c43)[C@H]2N1. The van der Waals surface area contributed by atoms with E-state index in [2.05, 4.69) is 10.3 Å². The number of carbonyl (C=O) groups excluding carboxylic acids is 1. The number of nitrogens with one attached hydrogen (secondary N) is 2. The molecule has 0 bridgehead atoms. The zero-order valence-corrected chi connectivity index (χ0v) is 9.47. The number of amides is 1. The summed E-state index contributed by atoms with van der Waals surface area (Å²) in [5.74, 6) is -0.111. The molecule has 0 saturated carbocycles. The number of para-hydroxylation sites is 1. The smallest absolute Gasteiger partial charge is 0.326 e. The predicted molar refractivity (Wildman–Crippen MR) is 63.2 cm³/mol. The second-order valence-corrected chi connectivity index (χ2v) is 4.68. The van der Waals surface area contributed by atoms with Gasteiger partial charge in [0, 0.05) is 5.56 Å². The van der Waals surface area contributed by atoms with Gasteiger partial charge in [-0.25, -0.2) is 4.79 Å². The maximum atomic E-state index is 11.9. The molecule has 4 rings (SSSR count). The number of imidazole rings is 1. The second-order valence-electron chi connectivity index (χ2n) is 4.68. The molecule has 1 saturated heterocycles. The summed E-state index contributed by atoms with van der Waals surface area (Å²) in [6.45, 7) is 0.534. The molecular formula is C12H11N3O3. The zero-order valence-electron chi connectivity index (χ0n) is 9.47. The Morgan fingerprint density at radius 2 is 2.22 bits per heavy atom. The van der Waals surface area contributed by atoms with E-state index in [1.807, 2.05) is 18.2 Å². The van der Waals surface area contributed by atoms with Gasteiger partial charge in [-0.1, -0.05) is 12.1 Å². The summed E-state index contributed by atoms with van der Waals surface area (Å²) in [5, 5.41) is 2.94. The molecule has 0 radical (unpaired) electrons. The molecular weight excluding hydrogens is 234 g/mol. The Morgan fingerprint density at radius 3 is 3.11 bits per heavy atom. The van der Waals surface area contributed by atoms with Crippen LogP contribution in [0.15, 0.2) is 23.0 Å². The average molecular weight is 245 g/mol. The van der Waals surface area contributed by atoms with Crippen LogP contribution in [0, 0.1) is 0 Å². The molecule has 0 spiro atoms. The van der Waals surface area contributed by atoms with Gasteiger partial charge < -0.3 is 15.0 Å². The van der Waals surface area contributed by atoms with Gasteiger partial charge in [-0.3, -0.25) is 9.36 Å². The van der Waals surface area contributed by atoms with Crippen molar-refractivity contribution in [1.29, 1.82) is 0 Å². The number of H-pyrrole nitrogens is 1. The quantitative estimate of drug-likeness (QED) is 0.680. The first kappa shape index (κ1) is 9.90. The van der Waals surface area contributed by atoms with Crippen LogP contribution in [0.1, 0.15) is 11.6 Å². The van der Waals surface area contributed by atoms with Crippen molar-refractivity contribution >= 4 is 16.9 Å². The molecule has 6 heteroatoms. The van der Waals surface area contributed by atoms with Gasteiger partial charge in [0.2, 0.25) is 5.91 Å². The molecule has 3 heterocycles. The van der Waals surface area contributed by atoms with Gasteiger partial charge in [-0.05, 0) is 6.07 Å². The molecule has 0 aliphatic carbocycles. The number of fused-ring (bicyclic) bond motifs is 2. The highest BCUT2D eigenvalue weighted by atomic mass is 16.5. The molecule has 1 fully saturated rings. The Labute approximate surface area is 102 Å². The zero-order chi connectivity index (χ0) is 12.3. The Bertz CT molecular complexity index is 715. The molecule has 6 nitrogen and oxygen atoms in total. The van der Waals surface area contributed by atoms with Crippen LogP contribution in [0.3, 0.4) is 0 Å². The van der Waals surface area contributed by atoms with Crippen molar-refractivity contribution in [1.82, 2.24) is 14.9 Å². The van der Waals surface area contributed by atoms with Crippen LogP contribution in [0.25, 0.3) is 11.0 Å². The first-order valence-electron chi connectivity index (χ1n) is 5.86. The fourth-order valence-corrected chi connectivity index (χ4v) is 2.88. The summed E-state index contributed by atoms with van der Waals surface area (Å²) in [7, 11) is 0.